The van der Waals surface area contributed by atoms with Crippen molar-refractivity contribution in [3.63, 3.8) is 0 Å². The fraction of sp³-hybridized carbons (Fsp3) is 0.188. The van der Waals surface area contributed by atoms with E-state index in [1.54, 1.807) is 19.9 Å². The minimum atomic E-state index is -1.16. The van der Waals surface area contributed by atoms with Crippen molar-refractivity contribution in [1.29, 1.82) is 0 Å². The van der Waals surface area contributed by atoms with Gasteiger partial charge in [-0.15, -0.1) is 0 Å². The van der Waals surface area contributed by atoms with E-state index in [0.29, 0.717) is 22.6 Å². The van der Waals surface area contributed by atoms with E-state index >= 15 is 0 Å². The summed E-state index contributed by atoms with van der Waals surface area (Å²) in [6.45, 7) is 3.42. The first-order valence-corrected chi connectivity index (χ1v) is 7.10. The second-order valence-electron chi connectivity index (χ2n) is 5.36. The molecule has 0 spiro atoms. The maximum atomic E-state index is 12.4. The van der Waals surface area contributed by atoms with E-state index in [2.05, 4.69) is 20.5 Å². The van der Waals surface area contributed by atoms with Crippen molar-refractivity contribution in [2.75, 3.05) is 0 Å². The van der Waals surface area contributed by atoms with Gasteiger partial charge in [0.2, 0.25) is 0 Å². The zero-order chi connectivity index (χ0) is 16.6. The molecule has 1 amide bonds. The number of nitrogens with zero attached hydrogens (tertiary/aromatic N) is 1. The molecule has 0 bridgehead atoms. The third-order valence-corrected chi connectivity index (χ3v) is 3.77. The van der Waals surface area contributed by atoms with Crippen molar-refractivity contribution in [1.82, 2.24) is 20.5 Å². The summed E-state index contributed by atoms with van der Waals surface area (Å²) in [5.41, 5.74) is 2.78. The SMILES string of the molecule is Cc1n[nH]c(C)c1C(NC(=O)c1cc2ccccc2[nH]1)C(=O)O. The van der Waals surface area contributed by atoms with Crippen LogP contribution in [-0.4, -0.2) is 32.2 Å². The summed E-state index contributed by atoms with van der Waals surface area (Å²) in [6, 6.07) is 7.99. The number of rotatable bonds is 4. The van der Waals surface area contributed by atoms with Gasteiger partial charge in [0.1, 0.15) is 5.69 Å². The van der Waals surface area contributed by atoms with E-state index in [1.807, 2.05) is 24.3 Å². The number of carboxylic acids is 1. The van der Waals surface area contributed by atoms with E-state index < -0.39 is 17.9 Å². The van der Waals surface area contributed by atoms with Crippen molar-refractivity contribution >= 4 is 22.8 Å². The van der Waals surface area contributed by atoms with Gasteiger partial charge in [-0.05, 0) is 26.0 Å². The van der Waals surface area contributed by atoms with Gasteiger partial charge in [-0.3, -0.25) is 9.89 Å². The van der Waals surface area contributed by atoms with Gasteiger partial charge in [-0.25, -0.2) is 4.79 Å². The van der Waals surface area contributed by atoms with E-state index in [1.165, 1.54) is 0 Å². The van der Waals surface area contributed by atoms with Crippen molar-refractivity contribution in [3.8, 4) is 0 Å². The summed E-state index contributed by atoms with van der Waals surface area (Å²) in [5, 5.41) is 19.6. The summed E-state index contributed by atoms with van der Waals surface area (Å²) < 4.78 is 0. The second-order valence-corrected chi connectivity index (χ2v) is 5.36. The number of fused-ring (bicyclic) bond motifs is 1. The number of nitrogens with one attached hydrogen (secondary N) is 3. The first-order valence-electron chi connectivity index (χ1n) is 7.10. The quantitative estimate of drug-likeness (QED) is 0.591. The maximum Gasteiger partial charge on any atom is 0.331 e. The number of amides is 1. The molecule has 7 heteroatoms. The second kappa shape index (κ2) is 5.60. The lowest BCUT2D eigenvalue weighted by Crippen LogP contribution is -2.34. The number of carbonyl (C=O) groups excluding carboxylic acids is 1. The highest BCUT2D eigenvalue weighted by Crippen LogP contribution is 2.21. The molecule has 3 aromatic rings. The van der Waals surface area contributed by atoms with Gasteiger partial charge in [0.15, 0.2) is 6.04 Å². The predicted molar refractivity (Wildman–Crippen MR) is 84.2 cm³/mol. The Morgan fingerprint density at radius 3 is 2.61 bits per heavy atom. The van der Waals surface area contributed by atoms with Gasteiger partial charge in [-0.2, -0.15) is 5.10 Å². The molecule has 2 aromatic heterocycles. The Morgan fingerprint density at radius 2 is 2.00 bits per heavy atom. The number of hydrogen-bond acceptors (Lipinski definition) is 3. The number of aromatic nitrogens is 3. The Kier molecular flexibility index (Phi) is 3.61. The highest BCUT2D eigenvalue weighted by molar-refractivity contribution is 5.99. The molecule has 0 saturated heterocycles. The Bertz CT molecular complexity index is 841. The number of H-pyrrole nitrogens is 2. The normalized spacial score (nSPS) is 12.3. The van der Waals surface area contributed by atoms with Crippen molar-refractivity contribution in [2.45, 2.75) is 19.9 Å². The number of aryl methyl sites for hydroxylation is 2. The zero-order valence-electron chi connectivity index (χ0n) is 12.7. The summed E-state index contributed by atoms with van der Waals surface area (Å²) in [4.78, 5) is 27.0. The average molecular weight is 312 g/mol. The number of benzene rings is 1. The minimum Gasteiger partial charge on any atom is -0.479 e. The van der Waals surface area contributed by atoms with Crippen LogP contribution in [0.25, 0.3) is 10.9 Å². The van der Waals surface area contributed by atoms with Crippen molar-refractivity contribution in [3.05, 3.63) is 53.0 Å². The molecule has 1 atom stereocenters. The van der Waals surface area contributed by atoms with Gasteiger partial charge in [-0.1, -0.05) is 18.2 Å². The molecule has 2 heterocycles. The Morgan fingerprint density at radius 1 is 1.26 bits per heavy atom. The van der Waals surface area contributed by atoms with Gasteiger partial charge < -0.3 is 15.4 Å². The Hall–Kier alpha value is -3.09. The molecule has 118 valence electrons. The number of carboxylic acid groups (broad SMARTS) is 1. The predicted octanol–water partition coefficient (Wildman–Crippen LogP) is 2.06. The molecule has 3 rings (SSSR count). The first kappa shape index (κ1) is 14.8. The van der Waals surface area contributed by atoms with Crippen LogP contribution in [0, 0.1) is 13.8 Å². The molecular formula is C16H16N4O3. The lowest BCUT2D eigenvalue weighted by molar-refractivity contribution is -0.139. The topological polar surface area (TPSA) is 111 Å². The van der Waals surface area contributed by atoms with E-state index in [0.717, 1.165) is 10.9 Å². The Labute approximate surface area is 131 Å². The first-order chi connectivity index (χ1) is 11.0. The lowest BCUT2D eigenvalue weighted by atomic mass is 10.0. The molecule has 0 aliphatic carbocycles. The monoisotopic (exact) mass is 312 g/mol. The number of para-hydroxylation sites is 1. The summed E-state index contributed by atoms with van der Waals surface area (Å²) in [5.74, 6) is -1.62. The maximum absolute atomic E-state index is 12.4. The van der Waals surface area contributed by atoms with Gasteiger partial charge in [0.05, 0.1) is 5.69 Å². The van der Waals surface area contributed by atoms with Gasteiger partial charge >= 0.3 is 5.97 Å². The van der Waals surface area contributed by atoms with Crippen LogP contribution in [0.3, 0.4) is 0 Å². The zero-order valence-corrected chi connectivity index (χ0v) is 12.7. The largest absolute Gasteiger partial charge is 0.479 e. The molecule has 7 nitrogen and oxygen atoms in total. The minimum absolute atomic E-state index is 0.316. The number of aliphatic carboxylic acids is 1. The molecule has 0 aliphatic rings. The molecule has 0 radical (unpaired) electrons. The Balaban J connectivity index is 1.91. The molecule has 4 N–H and O–H groups in total. The van der Waals surface area contributed by atoms with Crippen LogP contribution >= 0.6 is 0 Å². The van der Waals surface area contributed by atoms with Crippen molar-refractivity contribution in [2.24, 2.45) is 0 Å². The summed E-state index contributed by atoms with van der Waals surface area (Å²) >= 11 is 0. The lowest BCUT2D eigenvalue weighted by Gasteiger charge is -2.14. The third kappa shape index (κ3) is 2.68. The average Bonchev–Trinajstić information content (AvgIpc) is 3.08. The van der Waals surface area contributed by atoms with Crippen LogP contribution in [-0.2, 0) is 4.79 Å². The van der Waals surface area contributed by atoms with E-state index in [-0.39, 0.29) is 0 Å². The van der Waals surface area contributed by atoms with Crippen LogP contribution in [0.4, 0.5) is 0 Å². The van der Waals surface area contributed by atoms with Crippen LogP contribution in [0.1, 0.15) is 33.5 Å². The van der Waals surface area contributed by atoms with Gasteiger partial charge in [0, 0.05) is 22.2 Å². The summed E-state index contributed by atoms with van der Waals surface area (Å²) in [6.07, 6.45) is 0. The molecule has 0 aliphatic heterocycles. The smallest absolute Gasteiger partial charge is 0.331 e. The van der Waals surface area contributed by atoms with Gasteiger partial charge in [0.25, 0.3) is 5.91 Å². The molecule has 0 fully saturated rings. The number of carbonyl (C=O) groups is 2. The highest BCUT2D eigenvalue weighted by atomic mass is 16.4. The number of aromatic amines is 2. The third-order valence-electron chi connectivity index (χ3n) is 3.77. The van der Waals surface area contributed by atoms with E-state index in [9.17, 15) is 14.7 Å². The van der Waals surface area contributed by atoms with Crippen LogP contribution in [0.15, 0.2) is 30.3 Å². The molecule has 1 aromatic carbocycles. The fourth-order valence-electron chi connectivity index (χ4n) is 2.65. The standard InChI is InChI=1S/C16H16N4O3/c1-8-13(9(2)20-19-8)14(16(22)23)18-15(21)12-7-10-5-3-4-6-11(10)17-12/h3-7,14,17H,1-2H3,(H,18,21)(H,19,20)(H,22,23). The number of hydrogen-bond donors (Lipinski definition) is 4. The van der Waals surface area contributed by atoms with Crippen LogP contribution in [0.2, 0.25) is 0 Å². The fourth-order valence-corrected chi connectivity index (χ4v) is 2.65. The van der Waals surface area contributed by atoms with Crippen molar-refractivity contribution < 1.29 is 14.7 Å². The molecule has 1 unspecified atom stereocenters. The van der Waals surface area contributed by atoms with E-state index in [4.69, 9.17) is 0 Å². The van der Waals surface area contributed by atoms with Crippen LogP contribution in [0.5, 0.6) is 0 Å². The molecule has 0 saturated carbocycles. The molecule has 23 heavy (non-hydrogen) atoms. The van der Waals surface area contributed by atoms with Crippen LogP contribution < -0.4 is 5.32 Å². The summed E-state index contributed by atoms with van der Waals surface area (Å²) in [7, 11) is 0. The highest BCUT2D eigenvalue weighted by Gasteiger charge is 2.28. The molecular weight excluding hydrogens is 296 g/mol.